The van der Waals surface area contributed by atoms with Crippen LogP contribution in [0.25, 0.3) is 11.1 Å². The van der Waals surface area contributed by atoms with Gasteiger partial charge in [-0.1, -0.05) is 38.5 Å². The van der Waals surface area contributed by atoms with Gasteiger partial charge in [0, 0.05) is 42.1 Å². The summed E-state index contributed by atoms with van der Waals surface area (Å²) in [4.78, 5) is 7.77. The zero-order chi connectivity index (χ0) is 25.3. The molecule has 194 valence electrons. The number of aliphatic hydroxyl groups excluding tert-OH is 1. The highest BCUT2D eigenvalue weighted by molar-refractivity contribution is 5.70. The van der Waals surface area contributed by atoms with Crippen molar-refractivity contribution in [3.8, 4) is 11.1 Å². The van der Waals surface area contributed by atoms with Crippen molar-refractivity contribution in [1.29, 1.82) is 0 Å². The summed E-state index contributed by atoms with van der Waals surface area (Å²) in [6, 6.07) is 8.61. The van der Waals surface area contributed by atoms with Crippen molar-refractivity contribution in [3.05, 3.63) is 49.1 Å². The van der Waals surface area contributed by atoms with E-state index in [2.05, 4.69) is 36.0 Å². The normalized spacial score (nSPS) is 20.3. The molecule has 4 rings (SSSR count). The van der Waals surface area contributed by atoms with Crippen LogP contribution in [-0.4, -0.2) is 29.0 Å². The SMILES string of the molecule is C[C@@H](N=C([O-])C[n+]1ccc(-c2cc[n+](CC(O)=[NH+][C@H](C)C3CCCCC3)cc2)cc1)C1CCCCC1. The molecule has 0 bridgehead atoms. The number of hydrogen-bond acceptors (Lipinski definition) is 2. The van der Waals surface area contributed by atoms with Gasteiger partial charge in [-0.2, -0.15) is 4.57 Å². The van der Waals surface area contributed by atoms with Gasteiger partial charge in [-0.3, -0.25) is 4.99 Å². The predicted octanol–water partition coefficient (Wildman–Crippen LogP) is 2.66. The summed E-state index contributed by atoms with van der Waals surface area (Å²) in [5.41, 5.74) is 2.19. The van der Waals surface area contributed by atoms with E-state index in [-0.39, 0.29) is 18.5 Å². The first kappa shape index (κ1) is 26.3. The number of aliphatic imine (C=N–C) groups is 1. The predicted molar refractivity (Wildman–Crippen MR) is 140 cm³/mol. The Kier molecular flexibility index (Phi) is 9.48. The average Bonchev–Trinajstić information content (AvgIpc) is 2.90. The van der Waals surface area contributed by atoms with Gasteiger partial charge in [-0.05, 0) is 56.6 Å². The fraction of sp³-hybridized carbons (Fsp3) is 0.600. The highest BCUT2D eigenvalue weighted by atomic mass is 16.3. The van der Waals surface area contributed by atoms with Gasteiger partial charge in [0.1, 0.15) is 0 Å². The summed E-state index contributed by atoms with van der Waals surface area (Å²) in [6.45, 7) is 5.00. The minimum Gasteiger partial charge on any atom is -0.858 e. The molecule has 6 nitrogen and oxygen atoms in total. The van der Waals surface area contributed by atoms with Crippen LogP contribution in [-0.2, 0) is 13.1 Å². The molecule has 6 heteroatoms. The Balaban J connectivity index is 1.30. The van der Waals surface area contributed by atoms with E-state index in [9.17, 15) is 10.2 Å². The second kappa shape index (κ2) is 13.0. The average molecular weight is 493 g/mol. The molecule has 0 amide bonds. The molecular weight excluding hydrogens is 448 g/mol. The molecule has 2 saturated carbocycles. The van der Waals surface area contributed by atoms with Crippen LogP contribution < -0.4 is 19.2 Å². The Hall–Kier alpha value is -2.76. The lowest BCUT2D eigenvalue weighted by Gasteiger charge is -2.26. The number of nitrogens with one attached hydrogen (secondary N) is 1. The third-order valence-corrected chi connectivity index (χ3v) is 8.20. The minimum absolute atomic E-state index is 0.0472. The van der Waals surface area contributed by atoms with E-state index < -0.39 is 0 Å². The first-order chi connectivity index (χ1) is 17.5. The quantitative estimate of drug-likeness (QED) is 0.321. The molecule has 0 aliphatic heterocycles. The lowest BCUT2D eigenvalue weighted by Crippen LogP contribution is -2.82. The Labute approximate surface area is 216 Å². The summed E-state index contributed by atoms with van der Waals surface area (Å²) in [6.07, 6.45) is 20.6. The minimum atomic E-state index is -0.0472. The largest absolute Gasteiger partial charge is 0.858 e. The van der Waals surface area contributed by atoms with Crippen LogP contribution in [0.15, 0.2) is 54.0 Å². The first-order valence-corrected chi connectivity index (χ1v) is 14.0. The van der Waals surface area contributed by atoms with Crippen molar-refractivity contribution in [2.75, 3.05) is 0 Å². The fourth-order valence-electron chi connectivity index (χ4n) is 5.89. The molecule has 2 heterocycles. The molecular formula is C30H44N4O2+2. The smallest absolute Gasteiger partial charge is 0.400 e. The molecule has 0 spiro atoms. The Bertz CT molecular complexity index is 921. The number of pyridine rings is 2. The number of aliphatic hydroxyl groups is 1. The van der Waals surface area contributed by atoms with Crippen molar-refractivity contribution >= 4 is 11.8 Å². The number of rotatable bonds is 9. The summed E-state index contributed by atoms with van der Waals surface area (Å²) in [5, 5.41) is 23.0. The van der Waals surface area contributed by atoms with Gasteiger partial charge in [0.05, 0.1) is 0 Å². The van der Waals surface area contributed by atoms with Gasteiger partial charge in [0.2, 0.25) is 0 Å². The Morgan fingerprint density at radius 2 is 1.31 bits per heavy atom. The molecule has 0 aromatic carbocycles. The third kappa shape index (κ3) is 7.62. The number of hydrogen-bond donors (Lipinski definition) is 2. The maximum atomic E-state index is 12.5. The van der Waals surface area contributed by atoms with E-state index in [0.717, 1.165) is 11.1 Å². The van der Waals surface area contributed by atoms with Gasteiger partial charge in [-0.15, -0.1) is 0 Å². The summed E-state index contributed by atoms with van der Waals surface area (Å²) >= 11 is 0. The Morgan fingerprint density at radius 3 is 1.83 bits per heavy atom. The van der Waals surface area contributed by atoms with E-state index in [1.165, 1.54) is 64.2 Å². The zero-order valence-corrected chi connectivity index (χ0v) is 22.1. The highest BCUT2D eigenvalue weighted by Gasteiger charge is 2.25. The van der Waals surface area contributed by atoms with E-state index in [1.54, 1.807) is 0 Å². The molecule has 0 radical (unpaired) electrons. The molecule has 2 atom stereocenters. The summed E-state index contributed by atoms with van der Waals surface area (Å²) in [7, 11) is 0. The van der Waals surface area contributed by atoms with Crippen LogP contribution in [0.4, 0.5) is 0 Å². The Morgan fingerprint density at radius 1 is 0.833 bits per heavy atom. The van der Waals surface area contributed by atoms with Gasteiger partial charge >= 0.3 is 5.90 Å². The molecule has 0 saturated heterocycles. The topological polar surface area (TPSA) is 77.4 Å². The van der Waals surface area contributed by atoms with Gasteiger partial charge in [-0.25, -0.2) is 9.56 Å². The van der Waals surface area contributed by atoms with Crippen LogP contribution in [0.1, 0.15) is 78.1 Å². The van der Waals surface area contributed by atoms with Crippen LogP contribution in [0, 0.1) is 11.8 Å². The van der Waals surface area contributed by atoms with Crippen molar-refractivity contribution < 1.29 is 24.3 Å². The lowest BCUT2D eigenvalue weighted by molar-refractivity contribution is -0.691. The van der Waals surface area contributed by atoms with E-state index >= 15 is 0 Å². The van der Waals surface area contributed by atoms with E-state index in [4.69, 9.17) is 0 Å². The van der Waals surface area contributed by atoms with E-state index in [1.807, 2.05) is 46.1 Å². The first-order valence-electron chi connectivity index (χ1n) is 14.0. The van der Waals surface area contributed by atoms with Gasteiger partial charge in [0.25, 0.3) is 6.54 Å². The molecule has 2 aromatic heterocycles. The number of aromatic nitrogens is 2. The van der Waals surface area contributed by atoms with Crippen molar-refractivity contribution in [2.24, 2.45) is 16.8 Å². The van der Waals surface area contributed by atoms with Crippen LogP contribution >= 0.6 is 0 Å². The van der Waals surface area contributed by atoms with Crippen molar-refractivity contribution in [1.82, 2.24) is 0 Å². The zero-order valence-electron chi connectivity index (χ0n) is 22.1. The second-order valence-corrected chi connectivity index (χ2v) is 11.0. The maximum absolute atomic E-state index is 12.5. The third-order valence-electron chi connectivity index (χ3n) is 8.20. The molecule has 2 aromatic rings. The molecule has 36 heavy (non-hydrogen) atoms. The monoisotopic (exact) mass is 492 g/mol. The summed E-state index contributed by atoms with van der Waals surface area (Å²) in [5.74, 6) is 1.48. The maximum Gasteiger partial charge on any atom is 0.400 e. The molecule has 2 aliphatic carbocycles. The standard InChI is InChI=1S/C30H42N4O2/c1-23(25-9-5-3-6-10-25)31-29(35)21-33-17-13-27(14-18-33)28-15-19-34(20-16-28)22-30(36)32-24(2)26-11-7-4-8-12-26/h13-20,23-26H,3-12,21-22H2,1-2H3/p+2/t23-,24-/m1/s1. The van der Waals surface area contributed by atoms with Crippen LogP contribution in [0.5, 0.6) is 0 Å². The van der Waals surface area contributed by atoms with Gasteiger partial charge < -0.3 is 10.2 Å². The molecule has 2 N–H and O–H groups in total. The number of nitrogens with zero attached hydrogens (tertiary/aromatic N) is 3. The van der Waals surface area contributed by atoms with Crippen molar-refractivity contribution in [3.63, 3.8) is 0 Å². The summed E-state index contributed by atoms with van der Waals surface area (Å²) < 4.78 is 3.88. The fourth-order valence-corrected chi connectivity index (χ4v) is 5.89. The van der Waals surface area contributed by atoms with Crippen LogP contribution in [0.3, 0.4) is 0 Å². The van der Waals surface area contributed by atoms with E-state index in [0.29, 0.717) is 30.3 Å². The van der Waals surface area contributed by atoms with Gasteiger partial charge in [0.15, 0.2) is 37.4 Å². The lowest BCUT2D eigenvalue weighted by atomic mass is 9.85. The van der Waals surface area contributed by atoms with Crippen LogP contribution in [0.2, 0.25) is 0 Å². The van der Waals surface area contributed by atoms with Crippen molar-refractivity contribution in [2.45, 2.75) is 103 Å². The second-order valence-electron chi connectivity index (χ2n) is 11.0. The molecule has 2 aliphatic rings. The molecule has 2 fully saturated rings. The highest BCUT2D eigenvalue weighted by Crippen LogP contribution is 2.28. The molecule has 0 unspecified atom stereocenters.